The van der Waals surface area contributed by atoms with Crippen molar-refractivity contribution in [3.8, 4) is 11.5 Å². The predicted molar refractivity (Wildman–Crippen MR) is 166 cm³/mol. The maximum Gasteiger partial charge on any atom is 0.261 e. The van der Waals surface area contributed by atoms with Crippen LogP contribution in [0.25, 0.3) is 10.9 Å². The number of fused-ring (bicyclic) bond motifs is 1. The highest BCUT2D eigenvalue weighted by Gasteiger charge is 2.17. The Kier molecular flexibility index (Phi) is 9.61. The Balaban J connectivity index is 1.31. The van der Waals surface area contributed by atoms with Crippen LogP contribution in [0.5, 0.6) is 11.5 Å². The number of amides is 2. The number of methoxy groups -OCH3 is 1. The molecule has 0 bridgehead atoms. The van der Waals surface area contributed by atoms with Crippen molar-refractivity contribution in [2.24, 2.45) is 0 Å². The van der Waals surface area contributed by atoms with Crippen LogP contribution in [0.3, 0.4) is 0 Å². The van der Waals surface area contributed by atoms with Gasteiger partial charge in [0.2, 0.25) is 0 Å². The van der Waals surface area contributed by atoms with Gasteiger partial charge in [0.15, 0.2) is 11.5 Å². The van der Waals surface area contributed by atoms with Crippen LogP contribution in [-0.4, -0.2) is 68.3 Å². The summed E-state index contributed by atoms with van der Waals surface area (Å²) in [6.07, 6.45) is 0. The van der Waals surface area contributed by atoms with E-state index in [0.29, 0.717) is 65.0 Å². The summed E-state index contributed by atoms with van der Waals surface area (Å²) in [7, 11) is 1.53. The normalized spacial score (nSPS) is 13.5. The first-order valence-electron chi connectivity index (χ1n) is 13.9. The molecule has 1 aliphatic heterocycles. The number of aromatic amines is 1. The van der Waals surface area contributed by atoms with Crippen LogP contribution in [0.15, 0.2) is 65.5 Å². The third-order valence-electron chi connectivity index (χ3n) is 7.23. The first kappa shape index (κ1) is 30.1. The van der Waals surface area contributed by atoms with Crippen molar-refractivity contribution in [2.45, 2.75) is 13.5 Å². The lowest BCUT2D eigenvalue weighted by molar-refractivity contribution is 0.0321. The Morgan fingerprint density at radius 3 is 2.60 bits per heavy atom. The molecule has 11 heteroatoms. The summed E-state index contributed by atoms with van der Waals surface area (Å²) in [5.74, 6) is 0.0693. The molecule has 2 heterocycles. The van der Waals surface area contributed by atoms with Crippen LogP contribution in [0, 0.1) is 6.92 Å². The van der Waals surface area contributed by atoms with E-state index in [9.17, 15) is 14.4 Å². The highest BCUT2D eigenvalue weighted by atomic mass is 35.5. The van der Waals surface area contributed by atoms with E-state index in [2.05, 4.69) is 20.5 Å². The molecule has 1 fully saturated rings. The molecule has 1 aromatic heterocycles. The van der Waals surface area contributed by atoms with Crippen molar-refractivity contribution >= 4 is 40.0 Å². The van der Waals surface area contributed by atoms with Gasteiger partial charge in [-0.2, -0.15) is 0 Å². The fraction of sp³-hybridized carbons (Fsp3) is 0.281. The molecule has 1 aliphatic rings. The van der Waals surface area contributed by atoms with E-state index in [0.717, 1.165) is 30.8 Å². The number of pyridine rings is 1. The number of benzene rings is 3. The molecule has 0 unspecified atom stereocenters. The predicted octanol–water partition coefficient (Wildman–Crippen LogP) is 4.39. The first-order valence-corrected chi connectivity index (χ1v) is 14.3. The maximum absolute atomic E-state index is 13.3. The molecule has 0 aliphatic carbocycles. The lowest BCUT2D eigenvalue weighted by Gasteiger charge is -2.26. The lowest BCUT2D eigenvalue weighted by atomic mass is 10.1. The number of hydrogen-bond donors (Lipinski definition) is 3. The van der Waals surface area contributed by atoms with E-state index >= 15 is 0 Å². The molecule has 10 nitrogen and oxygen atoms in total. The zero-order chi connectivity index (χ0) is 30.3. The lowest BCUT2D eigenvalue weighted by Crippen LogP contribution is -2.38. The van der Waals surface area contributed by atoms with Crippen LogP contribution in [0.1, 0.15) is 31.8 Å². The molecule has 0 radical (unpaired) electrons. The van der Waals surface area contributed by atoms with Gasteiger partial charge in [0, 0.05) is 53.9 Å². The average Bonchev–Trinajstić information content (AvgIpc) is 3.01. The monoisotopic (exact) mass is 604 g/mol. The molecule has 0 spiro atoms. The van der Waals surface area contributed by atoms with Gasteiger partial charge in [-0.05, 0) is 54.4 Å². The molecule has 3 aromatic carbocycles. The molecule has 5 rings (SSSR count). The van der Waals surface area contributed by atoms with Gasteiger partial charge in [0.05, 0.1) is 25.8 Å². The van der Waals surface area contributed by atoms with Crippen molar-refractivity contribution in [1.29, 1.82) is 0 Å². The fourth-order valence-electron chi connectivity index (χ4n) is 4.78. The number of carbonyl (C=O) groups is 2. The number of aryl methyl sites for hydroxylation is 1. The van der Waals surface area contributed by atoms with Gasteiger partial charge in [-0.15, -0.1) is 0 Å². The number of rotatable bonds is 10. The second-order valence-electron chi connectivity index (χ2n) is 10.2. The van der Waals surface area contributed by atoms with Crippen LogP contribution in [0.4, 0.5) is 5.69 Å². The molecule has 3 N–H and O–H groups in total. The molecule has 4 aromatic rings. The van der Waals surface area contributed by atoms with Gasteiger partial charge in [-0.25, -0.2) is 0 Å². The van der Waals surface area contributed by atoms with Crippen LogP contribution >= 0.6 is 11.6 Å². The van der Waals surface area contributed by atoms with Gasteiger partial charge < -0.3 is 29.8 Å². The first-order chi connectivity index (χ1) is 20.8. The number of hydrogen-bond acceptors (Lipinski definition) is 7. The number of H-pyrrole nitrogens is 1. The Labute approximate surface area is 253 Å². The SMILES string of the molecule is COc1cc2[nH]c(=O)c(C(=O)Nc3cc(C(=O)NCc4cccc(Cl)c4)ccc3C)cc2cc1OCCN1CCOCC1. The molecule has 1 saturated heterocycles. The van der Waals surface area contributed by atoms with E-state index < -0.39 is 11.5 Å². The van der Waals surface area contributed by atoms with Crippen LogP contribution in [0.2, 0.25) is 5.02 Å². The third kappa shape index (κ3) is 7.53. The van der Waals surface area contributed by atoms with E-state index in [1.54, 1.807) is 49.4 Å². The topological polar surface area (TPSA) is 122 Å². The summed E-state index contributed by atoms with van der Waals surface area (Å²) in [5, 5.41) is 6.84. The Morgan fingerprint density at radius 1 is 1.02 bits per heavy atom. The van der Waals surface area contributed by atoms with E-state index in [1.807, 2.05) is 12.1 Å². The van der Waals surface area contributed by atoms with E-state index in [4.69, 9.17) is 25.8 Å². The number of nitrogens with zero attached hydrogens (tertiary/aromatic N) is 1. The van der Waals surface area contributed by atoms with Crippen LogP contribution < -0.4 is 25.7 Å². The van der Waals surface area contributed by atoms with Gasteiger partial charge in [-0.1, -0.05) is 29.8 Å². The summed E-state index contributed by atoms with van der Waals surface area (Å²) in [5.41, 5.74) is 2.25. The Morgan fingerprint density at radius 2 is 1.84 bits per heavy atom. The number of nitrogens with one attached hydrogen (secondary N) is 3. The summed E-state index contributed by atoms with van der Waals surface area (Å²) in [6, 6.07) is 17.2. The van der Waals surface area contributed by atoms with Crippen molar-refractivity contribution in [2.75, 3.05) is 51.9 Å². The Bertz CT molecular complexity index is 1700. The summed E-state index contributed by atoms with van der Waals surface area (Å²) in [6.45, 7) is 6.41. The van der Waals surface area contributed by atoms with Gasteiger partial charge in [0.1, 0.15) is 12.2 Å². The molecule has 224 valence electrons. The van der Waals surface area contributed by atoms with E-state index in [1.165, 1.54) is 13.2 Å². The van der Waals surface area contributed by atoms with Gasteiger partial charge in [0.25, 0.3) is 17.4 Å². The fourth-order valence-corrected chi connectivity index (χ4v) is 5.00. The molecular weight excluding hydrogens is 572 g/mol. The minimum atomic E-state index is -0.603. The van der Waals surface area contributed by atoms with Crippen molar-refractivity contribution in [1.82, 2.24) is 15.2 Å². The van der Waals surface area contributed by atoms with Crippen molar-refractivity contribution in [3.05, 3.63) is 98.3 Å². The standard InChI is InChI=1S/C32H33ClN4O6/c1-20-6-7-22(30(38)34-19-21-4-3-5-24(33)14-21)16-26(20)35-31(39)25-15-23-17-29(28(41-2)18-27(23)36-32(25)40)43-13-10-37-8-11-42-12-9-37/h3-7,14-18H,8-13,19H2,1-2H3,(H,34,38)(H,35,39)(H,36,40). The highest BCUT2D eigenvalue weighted by Crippen LogP contribution is 2.31. The quantitative estimate of drug-likeness (QED) is 0.245. The second-order valence-corrected chi connectivity index (χ2v) is 10.6. The maximum atomic E-state index is 13.3. The zero-order valence-electron chi connectivity index (χ0n) is 24.0. The second kappa shape index (κ2) is 13.7. The summed E-state index contributed by atoms with van der Waals surface area (Å²) >= 11 is 6.03. The number of anilines is 1. The van der Waals surface area contributed by atoms with Gasteiger partial charge >= 0.3 is 0 Å². The minimum absolute atomic E-state index is 0.0767. The largest absolute Gasteiger partial charge is 0.493 e. The van der Waals surface area contributed by atoms with Crippen molar-refractivity contribution in [3.63, 3.8) is 0 Å². The van der Waals surface area contributed by atoms with Crippen LogP contribution in [-0.2, 0) is 11.3 Å². The molecular formula is C32H33ClN4O6. The smallest absolute Gasteiger partial charge is 0.261 e. The molecule has 0 atom stereocenters. The number of aromatic nitrogens is 1. The van der Waals surface area contributed by atoms with Crippen molar-refractivity contribution < 1.29 is 23.8 Å². The summed E-state index contributed by atoms with van der Waals surface area (Å²) in [4.78, 5) is 44.1. The highest BCUT2D eigenvalue weighted by molar-refractivity contribution is 6.30. The summed E-state index contributed by atoms with van der Waals surface area (Å²) < 4.78 is 16.9. The number of halogens is 1. The molecule has 2 amide bonds. The minimum Gasteiger partial charge on any atom is -0.493 e. The Hall–Kier alpha value is -4.38. The zero-order valence-corrected chi connectivity index (χ0v) is 24.8. The number of ether oxygens (including phenoxy) is 3. The molecule has 43 heavy (non-hydrogen) atoms. The van der Waals surface area contributed by atoms with Gasteiger partial charge in [-0.3, -0.25) is 19.3 Å². The third-order valence-corrected chi connectivity index (χ3v) is 7.47. The number of carbonyl (C=O) groups excluding carboxylic acids is 2. The average molecular weight is 605 g/mol. The van der Waals surface area contributed by atoms with E-state index in [-0.39, 0.29) is 11.5 Å². The molecule has 0 saturated carbocycles. The number of morpholine rings is 1.